The molecular weight excluding hydrogens is 298 g/mol. The van der Waals surface area contributed by atoms with Crippen molar-refractivity contribution >= 4 is 23.2 Å². The third kappa shape index (κ3) is 3.57. The van der Waals surface area contributed by atoms with Gasteiger partial charge >= 0.3 is 0 Å². The number of halogens is 1. The number of carbonyl (C=O) groups excluding carboxylic acids is 1. The fourth-order valence-corrected chi connectivity index (χ4v) is 2.85. The lowest BCUT2D eigenvalue weighted by atomic mass is 10.2. The first-order valence-electron chi connectivity index (χ1n) is 7.46. The Morgan fingerprint density at radius 2 is 2.05 bits per heavy atom. The van der Waals surface area contributed by atoms with Gasteiger partial charge in [-0.1, -0.05) is 23.7 Å². The van der Waals surface area contributed by atoms with Crippen LogP contribution in [0.3, 0.4) is 0 Å². The summed E-state index contributed by atoms with van der Waals surface area (Å²) in [7, 11) is 0. The Bertz CT molecular complexity index is 668. The Labute approximate surface area is 135 Å². The minimum atomic E-state index is -0.166. The predicted octanol–water partition coefficient (Wildman–Crippen LogP) is 3.27. The monoisotopic (exact) mass is 315 g/mol. The van der Waals surface area contributed by atoms with E-state index in [2.05, 4.69) is 15.2 Å². The summed E-state index contributed by atoms with van der Waals surface area (Å²) in [5.74, 6) is -0.166. The van der Waals surface area contributed by atoms with E-state index in [0.717, 1.165) is 24.3 Å². The Morgan fingerprint density at radius 1 is 1.23 bits per heavy atom. The molecule has 0 saturated carbocycles. The molecule has 4 nitrogen and oxygen atoms in total. The molecule has 0 bridgehead atoms. The third-order valence-corrected chi connectivity index (χ3v) is 4.02. The zero-order valence-electron chi connectivity index (χ0n) is 12.3. The lowest BCUT2D eigenvalue weighted by molar-refractivity contribution is 0.0946. The quantitative estimate of drug-likeness (QED) is 0.942. The molecule has 3 rings (SSSR count). The van der Waals surface area contributed by atoms with Gasteiger partial charge in [-0.2, -0.15) is 0 Å². The van der Waals surface area contributed by atoms with Crippen LogP contribution in [0, 0.1) is 0 Å². The molecule has 1 saturated heterocycles. The minimum absolute atomic E-state index is 0.166. The highest BCUT2D eigenvalue weighted by Gasteiger charge is 2.14. The van der Waals surface area contributed by atoms with E-state index in [-0.39, 0.29) is 5.91 Å². The van der Waals surface area contributed by atoms with Crippen LogP contribution in [0.5, 0.6) is 0 Å². The van der Waals surface area contributed by atoms with Crippen LogP contribution in [0.15, 0.2) is 42.6 Å². The molecule has 0 aliphatic carbocycles. The average Bonchev–Trinajstić information content (AvgIpc) is 3.07. The van der Waals surface area contributed by atoms with E-state index >= 15 is 0 Å². The Hall–Kier alpha value is -2.07. The zero-order chi connectivity index (χ0) is 15.4. The molecule has 1 N–H and O–H groups in total. The highest BCUT2D eigenvalue weighted by molar-refractivity contribution is 6.30. The van der Waals surface area contributed by atoms with Gasteiger partial charge in [-0.3, -0.25) is 9.78 Å². The van der Waals surface area contributed by atoms with E-state index in [1.54, 1.807) is 6.20 Å². The van der Waals surface area contributed by atoms with Crippen LogP contribution in [0.1, 0.15) is 28.9 Å². The molecule has 1 fully saturated rings. The lowest BCUT2D eigenvalue weighted by Crippen LogP contribution is -2.25. The van der Waals surface area contributed by atoms with E-state index in [1.165, 1.54) is 12.8 Å². The van der Waals surface area contributed by atoms with E-state index in [9.17, 15) is 4.79 Å². The number of anilines is 1. The van der Waals surface area contributed by atoms with E-state index in [0.29, 0.717) is 17.3 Å². The molecule has 2 heterocycles. The molecule has 1 aliphatic rings. The molecule has 1 aromatic carbocycles. The van der Waals surface area contributed by atoms with Crippen molar-refractivity contribution < 1.29 is 4.79 Å². The SMILES string of the molecule is O=C(NCc1cccc(Cl)c1)c1cc(N2CCCC2)ccn1. The lowest BCUT2D eigenvalue weighted by Gasteiger charge is -2.17. The molecule has 2 aromatic rings. The Kier molecular flexibility index (Phi) is 4.59. The summed E-state index contributed by atoms with van der Waals surface area (Å²) in [4.78, 5) is 18.7. The summed E-state index contributed by atoms with van der Waals surface area (Å²) >= 11 is 5.94. The van der Waals surface area contributed by atoms with Gasteiger partial charge < -0.3 is 10.2 Å². The number of hydrogen-bond acceptors (Lipinski definition) is 3. The van der Waals surface area contributed by atoms with Gasteiger partial charge in [0.1, 0.15) is 5.69 Å². The van der Waals surface area contributed by atoms with Crippen molar-refractivity contribution in [2.75, 3.05) is 18.0 Å². The van der Waals surface area contributed by atoms with Crippen molar-refractivity contribution in [3.63, 3.8) is 0 Å². The van der Waals surface area contributed by atoms with Crippen molar-refractivity contribution in [3.8, 4) is 0 Å². The molecule has 1 aromatic heterocycles. The number of nitrogens with one attached hydrogen (secondary N) is 1. The number of rotatable bonds is 4. The highest BCUT2D eigenvalue weighted by atomic mass is 35.5. The normalized spacial score (nSPS) is 14.1. The molecule has 0 unspecified atom stereocenters. The van der Waals surface area contributed by atoms with Crippen LogP contribution in [0.2, 0.25) is 5.02 Å². The van der Waals surface area contributed by atoms with Gasteiger partial charge in [0, 0.05) is 36.5 Å². The highest BCUT2D eigenvalue weighted by Crippen LogP contribution is 2.20. The number of amides is 1. The summed E-state index contributed by atoms with van der Waals surface area (Å²) < 4.78 is 0. The smallest absolute Gasteiger partial charge is 0.270 e. The van der Waals surface area contributed by atoms with Crippen LogP contribution in [-0.4, -0.2) is 24.0 Å². The zero-order valence-corrected chi connectivity index (χ0v) is 13.0. The topological polar surface area (TPSA) is 45.2 Å². The molecule has 5 heteroatoms. The predicted molar refractivity (Wildman–Crippen MR) is 88.3 cm³/mol. The van der Waals surface area contributed by atoms with Crippen molar-refractivity contribution in [3.05, 3.63) is 58.9 Å². The van der Waals surface area contributed by atoms with Gasteiger partial charge in [0.25, 0.3) is 5.91 Å². The van der Waals surface area contributed by atoms with Crippen LogP contribution < -0.4 is 10.2 Å². The standard InChI is InChI=1S/C17H18ClN3O/c18-14-5-3-4-13(10-14)12-20-17(22)16-11-15(6-7-19-16)21-8-1-2-9-21/h3-7,10-11H,1-2,8-9,12H2,(H,20,22). The largest absolute Gasteiger partial charge is 0.371 e. The summed E-state index contributed by atoms with van der Waals surface area (Å²) in [5.41, 5.74) is 2.49. The Morgan fingerprint density at radius 3 is 2.82 bits per heavy atom. The maximum absolute atomic E-state index is 12.2. The Balaban J connectivity index is 1.65. The van der Waals surface area contributed by atoms with E-state index < -0.39 is 0 Å². The fraction of sp³-hybridized carbons (Fsp3) is 0.294. The number of aromatic nitrogens is 1. The number of hydrogen-bond donors (Lipinski definition) is 1. The second kappa shape index (κ2) is 6.79. The number of benzene rings is 1. The van der Waals surface area contributed by atoms with E-state index in [1.807, 2.05) is 36.4 Å². The van der Waals surface area contributed by atoms with Gasteiger partial charge in [0.05, 0.1) is 0 Å². The number of nitrogens with zero attached hydrogens (tertiary/aromatic N) is 2. The molecule has 0 radical (unpaired) electrons. The molecule has 0 spiro atoms. The van der Waals surface area contributed by atoms with Crippen molar-refractivity contribution in [1.29, 1.82) is 0 Å². The molecule has 1 amide bonds. The van der Waals surface area contributed by atoms with E-state index in [4.69, 9.17) is 11.6 Å². The van der Waals surface area contributed by atoms with Gasteiger partial charge in [0.15, 0.2) is 0 Å². The van der Waals surface area contributed by atoms with Gasteiger partial charge in [-0.25, -0.2) is 0 Å². The summed E-state index contributed by atoms with van der Waals surface area (Å²) in [5, 5.41) is 3.55. The maximum Gasteiger partial charge on any atom is 0.270 e. The first kappa shape index (κ1) is 14.9. The first-order chi connectivity index (χ1) is 10.7. The summed E-state index contributed by atoms with van der Waals surface area (Å²) in [6.07, 6.45) is 4.11. The second-order valence-electron chi connectivity index (χ2n) is 5.41. The molecule has 1 aliphatic heterocycles. The average molecular weight is 316 g/mol. The first-order valence-corrected chi connectivity index (χ1v) is 7.84. The fourth-order valence-electron chi connectivity index (χ4n) is 2.64. The van der Waals surface area contributed by atoms with Crippen molar-refractivity contribution in [1.82, 2.24) is 10.3 Å². The maximum atomic E-state index is 12.2. The van der Waals surface area contributed by atoms with Crippen LogP contribution in [0.25, 0.3) is 0 Å². The van der Waals surface area contributed by atoms with Gasteiger partial charge in [-0.05, 0) is 42.7 Å². The number of pyridine rings is 1. The van der Waals surface area contributed by atoms with Crippen molar-refractivity contribution in [2.45, 2.75) is 19.4 Å². The minimum Gasteiger partial charge on any atom is -0.371 e. The van der Waals surface area contributed by atoms with Gasteiger partial charge in [-0.15, -0.1) is 0 Å². The van der Waals surface area contributed by atoms with Gasteiger partial charge in [0.2, 0.25) is 0 Å². The summed E-state index contributed by atoms with van der Waals surface area (Å²) in [6.45, 7) is 2.54. The molecule has 0 atom stereocenters. The third-order valence-electron chi connectivity index (χ3n) is 3.79. The van der Waals surface area contributed by atoms with Crippen LogP contribution in [0.4, 0.5) is 5.69 Å². The number of carbonyl (C=O) groups is 1. The molecular formula is C17H18ClN3O. The van der Waals surface area contributed by atoms with Crippen molar-refractivity contribution in [2.24, 2.45) is 0 Å². The molecule has 22 heavy (non-hydrogen) atoms. The molecule has 114 valence electrons. The van der Waals surface area contributed by atoms with Crippen LogP contribution >= 0.6 is 11.6 Å². The second-order valence-corrected chi connectivity index (χ2v) is 5.84. The summed E-state index contributed by atoms with van der Waals surface area (Å²) in [6, 6.07) is 11.3. The van der Waals surface area contributed by atoms with Crippen LogP contribution in [-0.2, 0) is 6.54 Å².